The Kier molecular flexibility index (Phi) is 5.20. The maximum Gasteiger partial charge on any atom is 0.455 e. The number of allylic oxidation sites excluding steroid dienone is 1. The fourth-order valence-corrected chi connectivity index (χ4v) is 0.885. The molecule has 0 bridgehead atoms. The van der Waals surface area contributed by atoms with E-state index in [0.29, 0.717) is 0 Å². The monoisotopic (exact) mass is 238 g/mol. The summed E-state index contributed by atoms with van der Waals surface area (Å²) in [6, 6.07) is 0. The van der Waals surface area contributed by atoms with Crippen molar-refractivity contribution in [3.05, 3.63) is 11.6 Å². The normalized spacial score (nSPS) is 12.8. The van der Waals surface area contributed by atoms with Gasteiger partial charge in [-0.3, -0.25) is 4.79 Å². The fourth-order valence-electron chi connectivity index (χ4n) is 0.885. The van der Waals surface area contributed by atoms with Gasteiger partial charge in [-0.1, -0.05) is 19.9 Å². The Morgan fingerprint density at radius 2 is 1.81 bits per heavy atom. The number of halogens is 3. The Hall–Kier alpha value is -1.33. The molecule has 0 aliphatic heterocycles. The quantitative estimate of drug-likeness (QED) is 0.326. The molecule has 0 saturated heterocycles. The first-order chi connectivity index (χ1) is 7.20. The highest BCUT2D eigenvalue weighted by molar-refractivity contribution is 6.19. The first-order valence-electron chi connectivity index (χ1n) is 4.60. The Balaban J connectivity index is 5.03. The van der Waals surface area contributed by atoms with E-state index in [0.717, 1.165) is 13.2 Å². The van der Waals surface area contributed by atoms with Gasteiger partial charge in [0.25, 0.3) is 5.78 Å². The van der Waals surface area contributed by atoms with E-state index in [-0.39, 0.29) is 12.3 Å². The van der Waals surface area contributed by atoms with Crippen molar-refractivity contribution in [2.75, 3.05) is 7.11 Å². The van der Waals surface area contributed by atoms with E-state index in [9.17, 15) is 22.8 Å². The van der Waals surface area contributed by atoms with Crippen LogP contribution in [0.3, 0.4) is 0 Å². The van der Waals surface area contributed by atoms with Gasteiger partial charge in [0.15, 0.2) is 0 Å². The van der Waals surface area contributed by atoms with Crippen LogP contribution in [-0.4, -0.2) is 25.0 Å². The molecule has 0 rings (SSSR count). The van der Waals surface area contributed by atoms with Crippen LogP contribution in [0.2, 0.25) is 0 Å². The second-order valence-electron chi connectivity index (χ2n) is 3.57. The molecule has 0 saturated carbocycles. The predicted molar refractivity (Wildman–Crippen MR) is 50.6 cm³/mol. The predicted octanol–water partition coefficient (Wildman–Crippen LogP) is 2.26. The van der Waals surface area contributed by atoms with Crippen molar-refractivity contribution in [2.45, 2.75) is 26.4 Å². The average molecular weight is 238 g/mol. The number of hydrogen-bond donors (Lipinski definition) is 0. The molecule has 0 aromatic carbocycles. The van der Waals surface area contributed by atoms with Gasteiger partial charge in [0, 0.05) is 0 Å². The fraction of sp³-hybridized carbons (Fsp3) is 0.600. The zero-order valence-electron chi connectivity index (χ0n) is 9.22. The number of ether oxygens (including phenoxy) is 1. The van der Waals surface area contributed by atoms with Gasteiger partial charge in [-0.05, 0) is 12.3 Å². The maximum atomic E-state index is 12.1. The van der Waals surface area contributed by atoms with Crippen LogP contribution in [0, 0.1) is 5.92 Å². The first kappa shape index (κ1) is 14.7. The average Bonchev–Trinajstić information content (AvgIpc) is 2.15. The van der Waals surface area contributed by atoms with Crippen molar-refractivity contribution in [3.63, 3.8) is 0 Å². The van der Waals surface area contributed by atoms with Crippen LogP contribution in [0.15, 0.2) is 11.6 Å². The number of carbonyl (C=O) groups excluding carboxylic acids is 2. The molecule has 0 atom stereocenters. The van der Waals surface area contributed by atoms with Crippen molar-refractivity contribution >= 4 is 11.8 Å². The van der Waals surface area contributed by atoms with Gasteiger partial charge < -0.3 is 4.74 Å². The largest absolute Gasteiger partial charge is 0.465 e. The van der Waals surface area contributed by atoms with Crippen molar-refractivity contribution < 1.29 is 27.5 Å². The summed E-state index contributed by atoms with van der Waals surface area (Å²) in [7, 11) is 0.926. The summed E-state index contributed by atoms with van der Waals surface area (Å²) < 4.78 is 40.5. The van der Waals surface area contributed by atoms with Crippen LogP contribution in [0.4, 0.5) is 13.2 Å². The van der Waals surface area contributed by atoms with Gasteiger partial charge in [-0.15, -0.1) is 0 Å². The van der Waals surface area contributed by atoms with Crippen molar-refractivity contribution in [1.29, 1.82) is 0 Å². The van der Waals surface area contributed by atoms with E-state index < -0.39 is 23.5 Å². The molecular weight excluding hydrogens is 225 g/mol. The maximum absolute atomic E-state index is 12.1. The smallest absolute Gasteiger partial charge is 0.455 e. The van der Waals surface area contributed by atoms with E-state index >= 15 is 0 Å². The third-order valence-corrected chi connectivity index (χ3v) is 1.70. The molecule has 0 fully saturated rings. The van der Waals surface area contributed by atoms with Gasteiger partial charge in [0.2, 0.25) is 0 Å². The molecule has 92 valence electrons. The van der Waals surface area contributed by atoms with Crippen LogP contribution < -0.4 is 0 Å². The number of carbonyl (C=O) groups is 2. The van der Waals surface area contributed by atoms with Crippen molar-refractivity contribution in [2.24, 2.45) is 5.92 Å². The van der Waals surface area contributed by atoms with Crippen LogP contribution in [0.5, 0.6) is 0 Å². The van der Waals surface area contributed by atoms with Gasteiger partial charge in [0.05, 0.1) is 7.11 Å². The number of alkyl halides is 3. The minimum Gasteiger partial charge on any atom is -0.465 e. The number of methoxy groups -OCH3 is 1. The van der Waals surface area contributed by atoms with Crippen LogP contribution in [-0.2, 0) is 14.3 Å². The van der Waals surface area contributed by atoms with Crippen molar-refractivity contribution in [3.8, 4) is 0 Å². The van der Waals surface area contributed by atoms with E-state index in [1.807, 2.05) is 0 Å². The Morgan fingerprint density at radius 1 is 1.31 bits per heavy atom. The summed E-state index contributed by atoms with van der Waals surface area (Å²) in [6.07, 6.45) is -3.89. The van der Waals surface area contributed by atoms with Crippen LogP contribution in [0.1, 0.15) is 20.3 Å². The van der Waals surface area contributed by atoms with Crippen LogP contribution >= 0.6 is 0 Å². The highest BCUT2D eigenvalue weighted by Crippen LogP contribution is 2.22. The summed E-state index contributed by atoms with van der Waals surface area (Å²) in [5.74, 6) is -3.39. The Labute approximate surface area is 91.3 Å². The second-order valence-corrected chi connectivity index (χ2v) is 3.57. The molecule has 0 aliphatic rings. The van der Waals surface area contributed by atoms with Gasteiger partial charge in [0.1, 0.15) is 5.57 Å². The molecule has 6 heteroatoms. The highest BCUT2D eigenvalue weighted by Gasteiger charge is 2.43. The van der Waals surface area contributed by atoms with E-state index in [1.165, 1.54) is 0 Å². The Morgan fingerprint density at radius 3 is 2.12 bits per heavy atom. The summed E-state index contributed by atoms with van der Waals surface area (Å²) >= 11 is 0. The molecule has 0 N–H and O–H groups in total. The molecule has 0 amide bonds. The molecular formula is C10H13F3O3. The van der Waals surface area contributed by atoms with Crippen LogP contribution in [0.25, 0.3) is 0 Å². The summed E-state index contributed by atoms with van der Waals surface area (Å²) in [5, 5.41) is 0. The number of ketones is 1. The Bertz CT molecular complexity index is 303. The number of rotatable bonds is 4. The first-order valence-corrected chi connectivity index (χ1v) is 4.60. The van der Waals surface area contributed by atoms with Gasteiger partial charge in [-0.2, -0.15) is 13.2 Å². The molecule has 3 nitrogen and oxygen atoms in total. The van der Waals surface area contributed by atoms with Crippen molar-refractivity contribution in [1.82, 2.24) is 0 Å². The molecule has 0 radical (unpaired) electrons. The lowest BCUT2D eigenvalue weighted by atomic mass is 10.0. The molecule has 0 aromatic rings. The van der Waals surface area contributed by atoms with Gasteiger partial charge >= 0.3 is 12.1 Å². The zero-order chi connectivity index (χ0) is 12.9. The van der Waals surface area contributed by atoms with E-state index in [1.54, 1.807) is 13.8 Å². The lowest BCUT2D eigenvalue weighted by Crippen LogP contribution is -2.29. The third kappa shape index (κ3) is 4.46. The number of hydrogen-bond acceptors (Lipinski definition) is 3. The summed E-state index contributed by atoms with van der Waals surface area (Å²) in [6.45, 7) is 3.51. The highest BCUT2D eigenvalue weighted by atomic mass is 19.4. The lowest BCUT2D eigenvalue weighted by molar-refractivity contribution is -0.168. The molecule has 0 spiro atoms. The van der Waals surface area contributed by atoms with Gasteiger partial charge in [-0.25, -0.2) is 4.79 Å². The SMILES string of the molecule is COC(=O)/C(=C\CC(C)C)C(=O)C(F)(F)F. The molecule has 0 unspecified atom stereocenters. The summed E-state index contributed by atoms with van der Waals surface area (Å²) in [4.78, 5) is 21.9. The topological polar surface area (TPSA) is 43.4 Å². The molecule has 16 heavy (non-hydrogen) atoms. The molecule has 0 aliphatic carbocycles. The lowest BCUT2D eigenvalue weighted by Gasteiger charge is -2.08. The molecule has 0 heterocycles. The third-order valence-electron chi connectivity index (χ3n) is 1.70. The zero-order valence-corrected chi connectivity index (χ0v) is 9.22. The van der Waals surface area contributed by atoms with E-state index in [4.69, 9.17) is 0 Å². The minimum atomic E-state index is -5.06. The molecule has 0 aromatic heterocycles. The number of esters is 1. The number of Topliss-reactive ketones (excluding diaryl/α,β-unsaturated/α-hetero) is 1. The summed E-state index contributed by atoms with van der Waals surface area (Å²) in [5.41, 5.74) is -0.955. The minimum absolute atomic E-state index is 0.0423. The van der Waals surface area contributed by atoms with E-state index in [2.05, 4.69) is 4.74 Å². The second kappa shape index (κ2) is 5.67. The standard InChI is InChI=1S/C10H13F3O3/c1-6(2)4-5-7(9(15)16-3)8(14)10(11,12)13/h5-6H,4H2,1-3H3/b7-5-.